The van der Waals surface area contributed by atoms with Crippen molar-refractivity contribution >= 4 is 49.2 Å². The normalized spacial score (nSPS) is 11.6. The molecule has 0 saturated carbocycles. The summed E-state index contributed by atoms with van der Waals surface area (Å²) in [5.74, 6) is -2.80. The van der Waals surface area contributed by atoms with Crippen LogP contribution in [0.4, 0.5) is 4.39 Å². The van der Waals surface area contributed by atoms with Gasteiger partial charge in [0.25, 0.3) is 0 Å². The number of nitrogen functional groups attached to an aromatic ring is 1. The molecule has 5 N–H and O–H groups in total. The molecule has 170 valence electrons. The van der Waals surface area contributed by atoms with E-state index in [2.05, 4.69) is 22.3 Å². The Kier molecular flexibility index (Phi) is 9.34. The predicted molar refractivity (Wildman–Crippen MR) is 128 cm³/mol. The summed E-state index contributed by atoms with van der Waals surface area (Å²) < 4.78 is 22.7. The second-order valence-corrected chi connectivity index (χ2v) is 15.0. The molecule has 1 aromatic heterocycles. The maximum absolute atomic E-state index is 14.1. The summed E-state index contributed by atoms with van der Waals surface area (Å²) >= 11 is -0.370. The number of nitrogens with one attached hydrogen (secondary N) is 2. The van der Waals surface area contributed by atoms with Gasteiger partial charge in [0.1, 0.15) is 0 Å². The number of nitrogens with two attached hydrogens (primary N) is 1. The third kappa shape index (κ3) is 7.52. The molecule has 1 aromatic carbocycles. The molecule has 0 unspecified atom stereocenters. The Bertz CT molecular complexity index is 953. The second kappa shape index (κ2) is 11.5. The predicted octanol–water partition coefficient (Wildman–Crippen LogP) is 3.28. The fourth-order valence-electron chi connectivity index (χ4n) is 2.61. The number of carbonyl (C=O) groups is 2. The van der Waals surface area contributed by atoms with E-state index >= 15 is 0 Å². The maximum atomic E-state index is 14.1. The van der Waals surface area contributed by atoms with E-state index in [4.69, 9.17) is 21.0 Å². The topological polar surface area (TPSA) is 129 Å². The zero-order valence-corrected chi connectivity index (χ0v) is 20.4. The molecule has 0 saturated heterocycles. The average molecular weight is 564 g/mol. The molecule has 0 atom stereocenters. The monoisotopic (exact) mass is 564 g/mol. The Morgan fingerprint density at radius 2 is 2.06 bits per heavy atom. The minimum atomic E-state index is -1.65. The number of halogens is 2. The fourth-order valence-corrected chi connectivity index (χ4v) is 8.77. The number of hydrogen-bond donors (Lipinski definition) is 4. The number of carboxylic acid groups (broad SMARTS) is 1. The van der Waals surface area contributed by atoms with Gasteiger partial charge < -0.3 is 5.73 Å². The average Bonchev–Trinajstić information content (AvgIpc) is 3.14. The number of carbonyl (C=O) groups excluding carboxylic acids is 1. The quantitative estimate of drug-likeness (QED) is 0.0482. The third-order valence-electron chi connectivity index (χ3n) is 4.06. The Morgan fingerprint density at radius 1 is 1.35 bits per heavy atom. The van der Waals surface area contributed by atoms with Crippen LogP contribution in [-0.2, 0) is 11.3 Å². The molecule has 0 aliphatic carbocycles. The van der Waals surface area contributed by atoms with E-state index < -0.39 is 37.8 Å². The van der Waals surface area contributed by atoms with Gasteiger partial charge in [-0.25, -0.2) is 0 Å². The molecule has 0 aliphatic heterocycles. The van der Waals surface area contributed by atoms with E-state index in [-0.39, 0.29) is 23.7 Å². The van der Waals surface area contributed by atoms with Gasteiger partial charge in [-0.2, -0.15) is 0 Å². The van der Waals surface area contributed by atoms with Gasteiger partial charge >= 0.3 is 181 Å². The molecule has 1 heterocycles. The SMILES string of the molecule is CC(C)I(CNCC(=O)O)N(C)Cc1ccc(C(=O)Oc2ccc(C(=N)N)cc2F)s1. The van der Waals surface area contributed by atoms with Crippen LogP contribution < -0.4 is 15.8 Å². The molecule has 0 bridgehead atoms. The van der Waals surface area contributed by atoms with Crippen molar-refractivity contribution in [3.05, 3.63) is 51.5 Å². The van der Waals surface area contributed by atoms with Gasteiger partial charge in [-0.3, -0.25) is 5.41 Å². The van der Waals surface area contributed by atoms with Gasteiger partial charge in [-0.1, -0.05) is 0 Å². The van der Waals surface area contributed by atoms with Crippen molar-refractivity contribution in [3.63, 3.8) is 0 Å². The van der Waals surface area contributed by atoms with Crippen LogP contribution in [0.1, 0.15) is 34.0 Å². The van der Waals surface area contributed by atoms with Gasteiger partial charge in [-0.15, -0.1) is 0 Å². The summed E-state index contributed by atoms with van der Waals surface area (Å²) in [5.41, 5.74) is 5.54. The van der Waals surface area contributed by atoms with Gasteiger partial charge in [0, 0.05) is 0 Å². The second-order valence-electron chi connectivity index (χ2n) is 6.82. The molecule has 2 aromatic rings. The van der Waals surface area contributed by atoms with Crippen LogP contribution in [0.3, 0.4) is 0 Å². The van der Waals surface area contributed by atoms with Crippen molar-refractivity contribution in [3.8, 4) is 5.75 Å². The first kappa shape index (κ1) is 25.2. The number of rotatable bonds is 11. The summed E-state index contributed by atoms with van der Waals surface area (Å²) in [7, 11) is 2.01. The molecule has 0 radical (unpaired) electrons. The van der Waals surface area contributed by atoms with Crippen molar-refractivity contribution in [1.29, 1.82) is 5.41 Å². The fraction of sp³-hybridized carbons (Fsp3) is 0.350. The summed E-state index contributed by atoms with van der Waals surface area (Å²) in [5, 5.41) is 19.1. The van der Waals surface area contributed by atoms with Crippen LogP contribution in [0.25, 0.3) is 0 Å². The van der Waals surface area contributed by atoms with Crippen LogP contribution >= 0.6 is 31.4 Å². The standard InChI is InChI=1S/C20H26FIN4O4S/c1-12(2)22(11-25-9-18(27)28)26(3)10-14-5-7-17(31-14)20(29)30-16-6-4-13(19(23)24)8-15(16)21/h4-8,12,25H,9-11H2,1-3H3,(H3,23,24)(H,27,28). The third-order valence-corrected chi connectivity index (χ3v) is 11.8. The number of ether oxygens (including phenoxy) is 1. The number of alkyl halides is 2. The van der Waals surface area contributed by atoms with Crippen LogP contribution in [0.5, 0.6) is 5.75 Å². The molecular formula is C20H26FIN4O4S. The molecule has 8 nitrogen and oxygen atoms in total. The van der Waals surface area contributed by atoms with Crippen LogP contribution in [0.2, 0.25) is 0 Å². The summed E-state index contributed by atoms with van der Waals surface area (Å²) in [4.78, 5) is 24.5. The van der Waals surface area contributed by atoms with Gasteiger partial charge in [0.2, 0.25) is 0 Å². The summed E-state index contributed by atoms with van der Waals surface area (Å²) in [6, 6.07) is 7.23. The number of hydrogen-bond acceptors (Lipinski definition) is 7. The van der Waals surface area contributed by atoms with E-state index in [1.54, 1.807) is 6.07 Å². The molecule has 11 heteroatoms. The Labute approximate surface area is 191 Å². The Balaban J connectivity index is 2.01. The van der Waals surface area contributed by atoms with Gasteiger partial charge in [0.15, 0.2) is 0 Å². The summed E-state index contributed by atoms with van der Waals surface area (Å²) in [6.07, 6.45) is 0. The molecule has 2 rings (SSSR count). The molecular weight excluding hydrogens is 538 g/mol. The van der Waals surface area contributed by atoms with E-state index in [9.17, 15) is 14.0 Å². The first-order valence-electron chi connectivity index (χ1n) is 9.31. The van der Waals surface area contributed by atoms with E-state index in [0.29, 0.717) is 19.9 Å². The minimum absolute atomic E-state index is 0.0620. The van der Waals surface area contributed by atoms with E-state index in [1.165, 1.54) is 23.5 Å². The van der Waals surface area contributed by atoms with E-state index in [1.807, 2.05) is 13.1 Å². The van der Waals surface area contributed by atoms with Crippen molar-refractivity contribution in [2.45, 2.75) is 24.3 Å². The summed E-state index contributed by atoms with van der Waals surface area (Å²) in [6.45, 7) is 4.84. The number of carboxylic acids is 1. The van der Waals surface area contributed by atoms with Crippen molar-refractivity contribution in [1.82, 2.24) is 8.43 Å². The Hall–Kier alpha value is -2.09. The molecule has 0 amide bonds. The number of esters is 1. The zero-order valence-electron chi connectivity index (χ0n) is 17.4. The number of thiophene rings is 1. The Morgan fingerprint density at radius 3 is 2.65 bits per heavy atom. The van der Waals surface area contributed by atoms with Gasteiger partial charge in [-0.05, 0) is 0 Å². The van der Waals surface area contributed by atoms with Crippen molar-refractivity contribution in [2.75, 3.05) is 18.1 Å². The number of aliphatic carboxylic acids is 1. The molecule has 0 fully saturated rings. The first-order chi connectivity index (χ1) is 14.6. The molecule has 0 aliphatic rings. The van der Waals surface area contributed by atoms with Crippen LogP contribution in [0, 0.1) is 11.2 Å². The first-order valence-corrected chi connectivity index (χ1v) is 13.9. The van der Waals surface area contributed by atoms with Crippen LogP contribution in [-0.4, -0.2) is 48.1 Å². The molecule has 31 heavy (non-hydrogen) atoms. The van der Waals surface area contributed by atoms with Gasteiger partial charge in [0.05, 0.1) is 0 Å². The zero-order chi connectivity index (χ0) is 23.1. The van der Waals surface area contributed by atoms with Crippen molar-refractivity contribution in [2.24, 2.45) is 5.73 Å². The van der Waals surface area contributed by atoms with E-state index in [0.717, 1.165) is 10.9 Å². The number of benzene rings is 1. The van der Waals surface area contributed by atoms with Crippen molar-refractivity contribution < 1.29 is 23.8 Å². The molecule has 0 spiro atoms. The number of nitrogens with zero attached hydrogens (tertiary/aromatic N) is 1. The van der Waals surface area contributed by atoms with Crippen LogP contribution in [0.15, 0.2) is 30.3 Å². The number of amidine groups is 1.